The quantitative estimate of drug-likeness (QED) is 0.856. The SMILES string of the molecule is Cn1cnnc1CCNc1ccccc1C#N. The Labute approximate surface area is 99.7 Å². The lowest BCUT2D eigenvalue weighted by Gasteiger charge is -2.07. The Morgan fingerprint density at radius 3 is 2.94 bits per heavy atom. The zero-order chi connectivity index (χ0) is 12.1. The minimum atomic E-state index is 0.658. The van der Waals surface area contributed by atoms with Crippen molar-refractivity contribution in [2.75, 3.05) is 11.9 Å². The van der Waals surface area contributed by atoms with E-state index < -0.39 is 0 Å². The van der Waals surface area contributed by atoms with E-state index in [1.165, 1.54) is 0 Å². The molecule has 0 atom stereocenters. The lowest BCUT2D eigenvalue weighted by atomic mass is 10.2. The molecule has 2 rings (SSSR count). The van der Waals surface area contributed by atoms with Gasteiger partial charge in [0.25, 0.3) is 0 Å². The predicted molar refractivity (Wildman–Crippen MR) is 64.4 cm³/mol. The van der Waals surface area contributed by atoms with Gasteiger partial charge in [-0.3, -0.25) is 0 Å². The first-order valence-corrected chi connectivity index (χ1v) is 5.37. The van der Waals surface area contributed by atoms with Gasteiger partial charge in [-0.15, -0.1) is 10.2 Å². The summed E-state index contributed by atoms with van der Waals surface area (Å²) >= 11 is 0. The first kappa shape index (κ1) is 11.1. The fraction of sp³-hybridized carbons (Fsp3) is 0.250. The topological polar surface area (TPSA) is 66.5 Å². The summed E-state index contributed by atoms with van der Waals surface area (Å²) in [5.74, 6) is 0.923. The zero-order valence-electron chi connectivity index (χ0n) is 9.59. The molecule has 0 fully saturated rings. The van der Waals surface area contributed by atoms with Crippen LogP contribution in [-0.2, 0) is 13.5 Å². The Morgan fingerprint density at radius 2 is 2.24 bits per heavy atom. The van der Waals surface area contributed by atoms with Crippen molar-refractivity contribution < 1.29 is 0 Å². The van der Waals surface area contributed by atoms with Gasteiger partial charge in [-0.05, 0) is 12.1 Å². The average molecular weight is 227 g/mol. The largest absolute Gasteiger partial charge is 0.384 e. The molecule has 0 bridgehead atoms. The number of aryl methyl sites for hydroxylation is 1. The van der Waals surface area contributed by atoms with E-state index in [0.717, 1.165) is 24.5 Å². The molecule has 5 heteroatoms. The van der Waals surface area contributed by atoms with Crippen LogP contribution in [0.15, 0.2) is 30.6 Å². The van der Waals surface area contributed by atoms with Crippen molar-refractivity contribution in [3.05, 3.63) is 42.0 Å². The van der Waals surface area contributed by atoms with Crippen LogP contribution >= 0.6 is 0 Å². The molecule has 0 saturated heterocycles. The second-order valence-corrected chi connectivity index (χ2v) is 3.69. The van der Waals surface area contributed by atoms with Gasteiger partial charge in [0.2, 0.25) is 0 Å². The molecule has 1 N–H and O–H groups in total. The van der Waals surface area contributed by atoms with Crippen LogP contribution in [0.1, 0.15) is 11.4 Å². The number of rotatable bonds is 4. The van der Waals surface area contributed by atoms with E-state index in [-0.39, 0.29) is 0 Å². The van der Waals surface area contributed by atoms with Crippen molar-refractivity contribution in [1.29, 1.82) is 5.26 Å². The van der Waals surface area contributed by atoms with E-state index in [0.29, 0.717) is 5.56 Å². The molecule has 2 aromatic rings. The zero-order valence-corrected chi connectivity index (χ0v) is 9.59. The average Bonchev–Trinajstić information content (AvgIpc) is 2.76. The van der Waals surface area contributed by atoms with Gasteiger partial charge in [0, 0.05) is 20.0 Å². The van der Waals surface area contributed by atoms with E-state index in [1.807, 2.05) is 29.8 Å². The third-order valence-corrected chi connectivity index (χ3v) is 2.52. The summed E-state index contributed by atoms with van der Waals surface area (Å²) in [6, 6.07) is 9.61. The summed E-state index contributed by atoms with van der Waals surface area (Å²) in [4.78, 5) is 0. The summed E-state index contributed by atoms with van der Waals surface area (Å²) in [5, 5.41) is 20.0. The van der Waals surface area contributed by atoms with Crippen molar-refractivity contribution in [3.63, 3.8) is 0 Å². The van der Waals surface area contributed by atoms with Crippen LogP contribution in [0.25, 0.3) is 0 Å². The maximum atomic E-state index is 8.93. The van der Waals surface area contributed by atoms with Gasteiger partial charge in [0.1, 0.15) is 18.2 Å². The molecule has 1 aromatic carbocycles. The molecule has 5 nitrogen and oxygen atoms in total. The first-order chi connectivity index (χ1) is 8.31. The Balaban J connectivity index is 1.95. The summed E-state index contributed by atoms with van der Waals surface area (Å²) < 4.78 is 1.89. The molecule has 0 unspecified atom stereocenters. The van der Waals surface area contributed by atoms with E-state index in [2.05, 4.69) is 21.6 Å². The maximum absolute atomic E-state index is 8.93. The molecule has 1 aromatic heterocycles. The molecule has 0 aliphatic heterocycles. The number of nitriles is 1. The maximum Gasteiger partial charge on any atom is 0.134 e. The molecule has 1 heterocycles. The molecule has 0 saturated carbocycles. The van der Waals surface area contributed by atoms with Crippen LogP contribution in [0.4, 0.5) is 5.69 Å². The van der Waals surface area contributed by atoms with Crippen molar-refractivity contribution in [1.82, 2.24) is 14.8 Å². The number of anilines is 1. The molecule has 0 radical (unpaired) electrons. The molecule has 86 valence electrons. The van der Waals surface area contributed by atoms with Gasteiger partial charge in [-0.25, -0.2) is 0 Å². The summed E-state index contributed by atoms with van der Waals surface area (Å²) in [6.45, 7) is 0.727. The number of aromatic nitrogens is 3. The second-order valence-electron chi connectivity index (χ2n) is 3.69. The number of benzene rings is 1. The van der Waals surface area contributed by atoms with Crippen molar-refractivity contribution in [3.8, 4) is 6.07 Å². The summed E-state index contributed by atoms with van der Waals surface area (Å²) in [6.07, 6.45) is 2.45. The van der Waals surface area contributed by atoms with Crippen LogP contribution in [0.5, 0.6) is 0 Å². The molecular weight excluding hydrogens is 214 g/mol. The highest BCUT2D eigenvalue weighted by Crippen LogP contribution is 2.13. The van der Waals surface area contributed by atoms with Gasteiger partial charge in [-0.1, -0.05) is 12.1 Å². The number of hydrogen-bond donors (Lipinski definition) is 1. The Bertz CT molecular complexity index is 538. The highest BCUT2D eigenvalue weighted by molar-refractivity contribution is 5.57. The van der Waals surface area contributed by atoms with Crippen molar-refractivity contribution in [2.45, 2.75) is 6.42 Å². The number of para-hydroxylation sites is 1. The van der Waals surface area contributed by atoms with Gasteiger partial charge in [-0.2, -0.15) is 5.26 Å². The minimum Gasteiger partial charge on any atom is -0.384 e. The van der Waals surface area contributed by atoms with E-state index in [1.54, 1.807) is 12.4 Å². The first-order valence-electron chi connectivity index (χ1n) is 5.37. The molecule has 0 spiro atoms. The van der Waals surface area contributed by atoms with Gasteiger partial charge < -0.3 is 9.88 Å². The van der Waals surface area contributed by atoms with Crippen LogP contribution in [-0.4, -0.2) is 21.3 Å². The smallest absolute Gasteiger partial charge is 0.134 e. The Hall–Kier alpha value is -2.35. The highest BCUT2D eigenvalue weighted by Gasteiger charge is 2.02. The van der Waals surface area contributed by atoms with Crippen LogP contribution in [0.3, 0.4) is 0 Å². The third kappa shape index (κ3) is 2.61. The van der Waals surface area contributed by atoms with Crippen LogP contribution in [0.2, 0.25) is 0 Å². The minimum absolute atomic E-state index is 0.658. The van der Waals surface area contributed by atoms with Crippen LogP contribution < -0.4 is 5.32 Å². The number of nitrogens with zero attached hydrogens (tertiary/aromatic N) is 4. The Kier molecular flexibility index (Phi) is 3.36. The van der Waals surface area contributed by atoms with Gasteiger partial charge in [0.05, 0.1) is 11.3 Å². The molecular formula is C12H13N5. The van der Waals surface area contributed by atoms with Crippen molar-refractivity contribution in [2.24, 2.45) is 7.05 Å². The number of nitrogens with one attached hydrogen (secondary N) is 1. The van der Waals surface area contributed by atoms with Gasteiger partial charge >= 0.3 is 0 Å². The normalized spacial score (nSPS) is 9.88. The molecule has 0 aliphatic carbocycles. The molecule has 17 heavy (non-hydrogen) atoms. The fourth-order valence-corrected chi connectivity index (χ4v) is 1.58. The standard InChI is InChI=1S/C12H13N5/c1-17-9-15-16-12(17)6-7-14-11-5-3-2-4-10(11)8-13/h2-5,9,14H,6-7H2,1H3. The van der Waals surface area contributed by atoms with E-state index >= 15 is 0 Å². The monoisotopic (exact) mass is 227 g/mol. The lowest BCUT2D eigenvalue weighted by molar-refractivity contribution is 0.788. The number of hydrogen-bond acceptors (Lipinski definition) is 4. The van der Waals surface area contributed by atoms with Crippen molar-refractivity contribution >= 4 is 5.69 Å². The third-order valence-electron chi connectivity index (χ3n) is 2.52. The predicted octanol–water partition coefficient (Wildman–Crippen LogP) is 1.34. The van der Waals surface area contributed by atoms with Gasteiger partial charge in [0.15, 0.2) is 0 Å². The second kappa shape index (κ2) is 5.12. The Morgan fingerprint density at radius 1 is 1.41 bits per heavy atom. The van der Waals surface area contributed by atoms with E-state index in [9.17, 15) is 0 Å². The highest BCUT2D eigenvalue weighted by atomic mass is 15.2. The molecule has 0 amide bonds. The summed E-state index contributed by atoms with van der Waals surface area (Å²) in [7, 11) is 1.92. The van der Waals surface area contributed by atoms with Crippen LogP contribution in [0, 0.1) is 11.3 Å². The fourth-order valence-electron chi connectivity index (χ4n) is 1.58. The summed E-state index contributed by atoms with van der Waals surface area (Å²) in [5.41, 5.74) is 1.52. The lowest BCUT2D eigenvalue weighted by Crippen LogP contribution is -2.09. The van der Waals surface area contributed by atoms with E-state index in [4.69, 9.17) is 5.26 Å². The molecule has 0 aliphatic rings.